The summed E-state index contributed by atoms with van der Waals surface area (Å²) < 4.78 is 12.0. The molecule has 0 aromatic carbocycles. The zero-order valence-corrected chi connectivity index (χ0v) is 20.0. The number of guanidine groups is 1. The molecule has 0 spiro atoms. The fraction of sp³-hybridized carbons (Fsp3) is 0.947. The Kier molecular flexibility index (Phi) is 8.22. The number of piperazine rings is 1. The Morgan fingerprint density at radius 2 is 1.85 bits per heavy atom. The van der Waals surface area contributed by atoms with Crippen LogP contribution in [0, 0.1) is 11.8 Å². The number of nitrogens with one attached hydrogen (secondary N) is 1. The first-order valence-electron chi connectivity index (χ1n) is 9.96. The van der Waals surface area contributed by atoms with Gasteiger partial charge in [-0.3, -0.25) is 14.1 Å². The Bertz CT molecular complexity index is 514. The average Bonchev–Trinajstić information content (AvgIpc) is 3.21. The monoisotopic (exact) mass is 496 g/mol. The van der Waals surface area contributed by atoms with Crippen molar-refractivity contribution in [3.05, 3.63) is 0 Å². The first-order chi connectivity index (χ1) is 11.9. The fourth-order valence-electron chi connectivity index (χ4n) is 4.82. The first-order valence-corrected chi connectivity index (χ1v) is 11.3. The molecule has 152 valence electrons. The molecule has 5 nitrogen and oxygen atoms in total. The van der Waals surface area contributed by atoms with Crippen molar-refractivity contribution in [1.29, 1.82) is 0 Å². The van der Waals surface area contributed by atoms with Crippen LogP contribution in [0.1, 0.15) is 46.5 Å². The molecular formula is C19H37IN4OS. The molecule has 26 heavy (non-hydrogen) atoms. The molecule has 3 rings (SSSR count). The predicted molar refractivity (Wildman–Crippen MR) is 122 cm³/mol. The van der Waals surface area contributed by atoms with E-state index in [4.69, 9.17) is 0 Å². The smallest absolute Gasteiger partial charge is 0.193 e. The lowest BCUT2D eigenvalue weighted by Crippen LogP contribution is -2.55. The van der Waals surface area contributed by atoms with Crippen molar-refractivity contribution in [3.63, 3.8) is 0 Å². The predicted octanol–water partition coefficient (Wildman–Crippen LogP) is 2.53. The lowest BCUT2D eigenvalue weighted by atomic mass is 9.93. The van der Waals surface area contributed by atoms with E-state index in [-0.39, 0.29) is 28.7 Å². The van der Waals surface area contributed by atoms with E-state index in [0.29, 0.717) is 5.75 Å². The summed E-state index contributed by atoms with van der Waals surface area (Å²) in [7, 11) is 1.04. The molecule has 7 heteroatoms. The van der Waals surface area contributed by atoms with Gasteiger partial charge in [0.15, 0.2) is 5.96 Å². The highest BCUT2D eigenvalue weighted by atomic mass is 127. The number of nitrogens with zero attached hydrogens (tertiary/aromatic N) is 3. The maximum atomic E-state index is 12.2. The number of halogens is 1. The van der Waals surface area contributed by atoms with Gasteiger partial charge in [0.25, 0.3) is 0 Å². The molecule has 2 aliphatic carbocycles. The van der Waals surface area contributed by atoms with Gasteiger partial charge in [0.05, 0.1) is 0 Å². The quantitative estimate of drug-likeness (QED) is 0.369. The van der Waals surface area contributed by atoms with Crippen molar-refractivity contribution >= 4 is 40.7 Å². The summed E-state index contributed by atoms with van der Waals surface area (Å²) in [4.78, 5) is 9.55. The molecule has 1 saturated heterocycles. The maximum Gasteiger partial charge on any atom is 0.193 e. The van der Waals surface area contributed by atoms with Gasteiger partial charge in [-0.25, -0.2) is 0 Å². The normalized spacial score (nSPS) is 31.0. The first kappa shape index (κ1) is 22.4. The van der Waals surface area contributed by atoms with Crippen LogP contribution in [-0.2, 0) is 10.8 Å². The number of rotatable bonds is 4. The molecule has 4 unspecified atom stereocenters. The number of hydrogen-bond donors (Lipinski definition) is 1. The minimum atomic E-state index is -0.813. The summed E-state index contributed by atoms with van der Waals surface area (Å²) in [6.07, 6.45) is 5.87. The molecule has 1 heterocycles. The molecule has 2 bridgehead atoms. The van der Waals surface area contributed by atoms with Gasteiger partial charge in [-0.1, -0.05) is 6.42 Å². The summed E-state index contributed by atoms with van der Waals surface area (Å²) in [6, 6.07) is 0.852. The largest absolute Gasteiger partial charge is 0.355 e. The Hall–Kier alpha value is 0.110. The van der Waals surface area contributed by atoms with Gasteiger partial charge in [-0.2, -0.15) is 0 Å². The minimum absolute atomic E-state index is 0. The van der Waals surface area contributed by atoms with E-state index in [9.17, 15) is 4.21 Å². The molecule has 4 atom stereocenters. The van der Waals surface area contributed by atoms with Gasteiger partial charge in [-0.05, 0) is 51.9 Å². The van der Waals surface area contributed by atoms with E-state index in [0.717, 1.165) is 56.6 Å². The van der Waals surface area contributed by atoms with Crippen molar-refractivity contribution in [2.45, 2.75) is 57.2 Å². The second-order valence-corrected chi connectivity index (χ2v) is 11.2. The molecule has 1 aliphatic heterocycles. The molecule has 3 aliphatic rings. The number of hydrogen-bond acceptors (Lipinski definition) is 3. The van der Waals surface area contributed by atoms with Crippen LogP contribution in [0.25, 0.3) is 0 Å². The van der Waals surface area contributed by atoms with E-state index in [1.54, 1.807) is 0 Å². The highest BCUT2D eigenvalue weighted by Gasteiger charge is 2.42. The summed E-state index contributed by atoms with van der Waals surface area (Å²) in [5.74, 6) is 3.64. The molecule has 0 aromatic rings. The maximum absolute atomic E-state index is 12.2. The van der Waals surface area contributed by atoms with Crippen LogP contribution >= 0.6 is 24.0 Å². The van der Waals surface area contributed by atoms with Crippen LogP contribution in [0.5, 0.6) is 0 Å². The molecule has 1 N–H and O–H groups in total. The average molecular weight is 497 g/mol. The molecule has 0 radical (unpaired) electrons. The summed E-state index contributed by atoms with van der Waals surface area (Å²) in [5.41, 5.74) is 0. The van der Waals surface area contributed by atoms with E-state index in [1.165, 1.54) is 25.7 Å². The van der Waals surface area contributed by atoms with Gasteiger partial charge in [0, 0.05) is 67.1 Å². The molecule has 2 saturated carbocycles. The lowest BCUT2D eigenvalue weighted by molar-refractivity contribution is 0.0959. The van der Waals surface area contributed by atoms with Crippen LogP contribution in [0.15, 0.2) is 4.99 Å². The van der Waals surface area contributed by atoms with Gasteiger partial charge in [0.2, 0.25) is 0 Å². The summed E-state index contributed by atoms with van der Waals surface area (Å²) >= 11 is 0. The van der Waals surface area contributed by atoms with E-state index < -0.39 is 10.8 Å². The van der Waals surface area contributed by atoms with Crippen molar-refractivity contribution in [1.82, 2.24) is 15.1 Å². The van der Waals surface area contributed by atoms with Crippen molar-refractivity contribution in [2.75, 3.05) is 45.5 Å². The number of fused-ring (bicyclic) bond motifs is 2. The zero-order chi connectivity index (χ0) is 18.0. The minimum Gasteiger partial charge on any atom is -0.355 e. The molecular weight excluding hydrogens is 459 g/mol. The standard InChI is InChI=1S/C19H36N4OS.HI/c1-19(2,3)25(24)12-7-21-18(20-4)23-10-8-22(9-11-23)17-14-15-5-6-16(17)13-15;/h15-17H,5-14H2,1-4H3,(H,20,21);1H. The van der Waals surface area contributed by atoms with E-state index in [2.05, 4.69) is 20.1 Å². The third-order valence-corrected chi connectivity index (χ3v) is 8.19. The number of aliphatic imine (C=N–C) groups is 1. The Morgan fingerprint density at radius 3 is 2.35 bits per heavy atom. The Labute approximate surface area is 179 Å². The van der Waals surface area contributed by atoms with Crippen LogP contribution in [0.4, 0.5) is 0 Å². The van der Waals surface area contributed by atoms with Crippen LogP contribution in [0.2, 0.25) is 0 Å². The highest BCUT2D eigenvalue weighted by molar-refractivity contribution is 14.0. The van der Waals surface area contributed by atoms with E-state index in [1.807, 2.05) is 27.8 Å². The van der Waals surface area contributed by atoms with Crippen LogP contribution in [0.3, 0.4) is 0 Å². The van der Waals surface area contributed by atoms with Crippen LogP contribution < -0.4 is 5.32 Å². The van der Waals surface area contributed by atoms with Crippen molar-refractivity contribution in [3.8, 4) is 0 Å². The Morgan fingerprint density at radius 1 is 1.15 bits per heavy atom. The van der Waals surface area contributed by atoms with Gasteiger partial charge < -0.3 is 10.2 Å². The highest BCUT2D eigenvalue weighted by Crippen LogP contribution is 2.46. The van der Waals surface area contributed by atoms with Crippen molar-refractivity contribution in [2.24, 2.45) is 16.8 Å². The van der Waals surface area contributed by atoms with Gasteiger partial charge in [0.1, 0.15) is 0 Å². The van der Waals surface area contributed by atoms with Crippen molar-refractivity contribution < 1.29 is 4.21 Å². The molecule has 0 aromatic heterocycles. The fourth-order valence-corrected chi connectivity index (χ4v) is 5.72. The molecule has 0 amide bonds. The topological polar surface area (TPSA) is 47.9 Å². The zero-order valence-electron chi connectivity index (χ0n) is 16.9. The Balaban J connectivity index is 0.00000243. The third kappa shape index (κ3) is 5.34. The summed E-state index contributed by atoms with van der Waals surface area (Å²) in [5, 5.41) is 3.42. The second kappa shape index (κ2) is 9.54. The SMILES string of the molecule is CN=C(NCCS(=O)C(C)(C)C)N1CCN(C2CC3CCC2C3)CC1.I. The van der Waals surface area contributed by atoms with E-state index >= 15 is 0 Å². The van der Waals surface area contributed by atoms with Crippen LogP contribution in [-0.4, -0.2) is 76.3 Å². The second-order valence-electron chi connectivity index (χ2n) is 8.90. The van der Waals surface area contributed by atoms with Gasteiger partial charge in [-0.15, -0.1) is 24.0 Å². The lowest BCUT2D eigenvalue weighted by Gasteiger charge is -2.42. The van der Waals surface area contributed by atoms with Gasteiger partial charge >= 0.3 is 0 Å². The third-order valence-electron chi connectivity index (χ3n) is 6.25. The molecule has 3 fully saturated rings. The summed E-state index contributed by atoms with van der Waals surface area (Å²) in [6.45, 7) is 11.2.